The van der Waals surface area contributed by atoms with Crippen molar-refractivity contribution in [1.82, 2.24) is 14.5 Å². The molecule has 0 bridgehead atoms. The predicted molar refractivity (Wildman–Crippen MR) is 102 cm³/mol. The fraction of sp³-hybridized carbons (Fsp3) is 0.500. The highest BCUT2D eigenvalue weighted by Gasteiger charge is 2.31. The van der Waals surface area contributed by atoms with Gasteiger partial charge in [0.15, 0.2) is 0 Å². The molecule has 0 amide bonds. The summed E-state index contributed by atoms with van der Waals surface area (Å²) in [5.41, 5.74) is 0.554. The molecule has 1 aromatic carbocycles. The van der Waals surface area contributed by atoms with Gasteiger partial charge in [0.25, 0.3) is 0 Å². The lowest BCUT2D eigenvalue weighted by Gasteiger charge is -2.34. The molecular formula is C18H24N4O5S. The van der Waals surface area contributed by atoms with Crippen molar-refractivity contribution >= 4 is 27.7 Å². The number of anilines is 2. The van der Waals surface area contributed by atoms with E-state index < -0.39 is 16.0 Å². The number of ether oxygens (including phenoxy) is 1. The second kappa shape index (κ2) is 8.27. The van der Waals surface area contributed by atoms with Crippen LogP contribution in [0.5, 0.6) is 0 Å². The van der Waals surface area contributed by atoms with E-state index in [-0.39, 0.29) is 23.4 Å². The van der Waals surface area contributed by atoms with Crippen LogP contribution in [-0.2, 0) is 14.8 Å². The zero-order valence-electron chi connectivity index (χ0n) is 16.1. The standard InChI is InChI=1S/C18H24N4O5S/c1-4-26-17(23)16-20-21-18(27-16)19-14-5-7-15(8-6-14)28(24,25)22-10-12(2)9-13(3)11-22/h5-8,12-13H,4,9-11H2,1-3H3,(H,19,21). The molecule has 1 aliphatic heterocycles. The number of hydrogen-bond acceptors (Lipinski definition) is 8. The summed E-state index contributed by atoms with van der Waals surface area (Å²) in [6.45, 7) is 7.08. The molecule has 0 spiro atoms. The van der Waals surface area contributed by atoms with Gasteiger partial charge in [-0.25, -0.2) is 13.2 Å². The van der Waals surface area contributed by atoms with Gasteiger partial charge in [-0.05, 0) is 49.4 Å². The zero-order valence-corrected chi connectivity index (χ0v) is 16.9. The molecule has 3 rings (SSSR count). The number of esters is 1. The van der Waals surface area contributed by atoms with E-state index in [4.69, 9.17) is 9.15 Å². The van der Waals surface area contributed by atoms with Gasteiger partial charge in [-0.2, -0.15) is 4.31 Å². The zero-order chi connectivity index (χ0) is 20.3. The summed E-state index contributed by atoms with van der Waals surface area (Å²) >= 11 is 0. The second-order valence-corrected chi connectivity index (χ2v) is 8.99. The van der Waals surface area contributed by atoms with Crippen LogP contribution in [0.15, 0.2) is 33.6 Å². The number of rotatable bonds is 6. The minimum atomic E-state index is -3.54. The number of piperidine rings is 1. The maximum absolute atomic E-state index is 12.9. The van der Waals surface area contributed by atoms with E-state index >= 15 is 0 Å². The van der Waals surface area contributed by atoms with Gasteiger partial charge in [0.05, 0.1) is 11.5 Å². The first-order valence-corrected chi connectivity index (χ1v) is 10.6. The van der Waals surface area contributed by atoms with Crippen LogP contribution in [0.2, 0.25) is 0 Å². The van der Waals surface area contributed by atoms with Crippen LogP contribution in [-0.4, -0.2) is 48.6 Å². The summed E-state index contributed by atoms with van der Waals surface area (Å²) in [4.78, 5) is 11.8. The van der Waals surface area contributed by atoms with Crippen LogP contribution < -0.4 is 5.32 Å². The smallest absolute Gasteiger partial charge is 0.396 e. The Kier molecular flexibility index (Phi) is 5.99. The van der Waals surface area contributed by atoms with Crippen LogP contribution in [0.3, 0.4) is 0 Å². The van der Waals surface area contributed by atoms with Gasteiger partial charge >= 0.3 is 17.9 Å². The van der Waals surface area contributed by atoms with E-state index in [1.165, 1.54) is 12.1 Å². The second-order valence-electron chi connectivity index (χ2n) is 7.05. The van der Waals surface area contributed by atoms with Gasteiger partial charge in [-0.1, -0.05) is 24.0 Å². The van der Waals surface area contributed by atoms with Crippen molar-refractivity contribution in [1.29, 1.82) is 0 Å². The Bertz CT molecular complexity index is 916. The first-order valence-electron chi connectivity index (χ1n) is 9.17. The van der Waals surface area contributed by atoms with Crippen LogP contribution in [0.25, 0.3) is 0 Å². The van der Waals surface area contributed by atoms with E-state index in [1.54, 1.807) is 23.4 Å². The lowest BCUT2D eigenvalue weighted by atomic mass is 9.94. The minimum Gasteiger partial charge on any atom is -0.459 e. The molecule has 0 radical (unpaired) electrons. The molecule has 0 saturated carbocycles. The fourth-order valence-corrected chi connectivity index (χ4v) is 5.01. The van der Waals surface area contributed by atoms with Crippen LogP contribution in [0, 0.1) is 11.8 Å². The number of sulfonamides is 1. The summed E-state index contributed by atoms with van der Waals surface area (Å²) < 4.78 is 37.3. The molecule has 10 heteroatoms. The summed E-state index contributed by atoms with van der Waals surface area (Å²) in [6.07, 6.45) is 1.03. The molecule has 1 N–H and O–H groups in total. The lowest BCUT2D eigenvalue weighted by molar-refractivity contribution is 0.0481. The number of nitrogens with zero attached hydrogens (tertiary/aromatic N) is 3. The highest BCUT2D eigenvalue weighted by Crippen LogP contribution is 2.27. The van der Waals surface area contributed by atoms with Crippen molar-refractivity contribution in [2.45, 2.75) is 32.1 Å². The van der Waals surface area contributed by atoms with E-state index in [9.17, 15) is 13.2 Å². The van der Waals surface area contributed by atoms with E-state index in [2.05, 4.69) is 29.4 Å². The van der Waals surface area contributed by atoms with Crippen LogP contribution in [0.1, 0.15) is 37.9 Å². The van der Waals surface area contributed by atoms with Crippen molar-refractivity contribution in [2.24, 2.45) is 11.8 Å². The predicted octanol–water partition coefficient (Wildman–Crippen LogP) is 2.66. The largest absolute Gasteiger partial charge is 0.459 e. The number of benzene rings is 1. The number of carbonyl (C=O) groups excluding carboxylic acids is 1. The van der Waals surface area contributed by atoms with Gasteiger partial charge < -0.3 is 14.5 Å². The van der Waals surface area contributed by atoms with E-state index in [1.807, 2.05) is 0 Å². The Hall–Kier alpha value is -2.46. The van der Waals surface area contributed by atoms with Gasteiger partial charge in [0, 0.05) is 18.8 Å². The van der Waals surface area contributed by atoms with E-state index in [0.717, 1.165) is 6.42 Å². The molecule has 152 valence electrons. The molecule has 1 saturated heterocycles. The van der Waals surface area contributed by atoms with Gasteiger partial charge in [-0.3, -0.25) is 0 Å². The first-order chi connectivity index (χ1) is 13.3. The fourth-order valence-electron chi connectivity index (χ4n) is 3.33. The van der Waals surface area contributed by atoms with Crippen LogP contribution in [0.4, 0.5) is 11.7 Å². The van der Waals surface area contributed by atoms with Crippen LogP contribution >= 0.6 is 0 Å². The summed E-state index contributed by atoms with van der Waals surface area (Å²) in [7, 11) is -3.54. The quantitative estimate of drug-likeness (QED) is 0.726. The Balaban J connectivity index is 1.70. The molecule has 0 aliphatic carbocycles. The summed E-state index contributed by atoms with van der Waals surface area (Å²) in [6, 6.07) is 6.29. The molecule has 1 aromatic heterocycles. The number of carbonyl (C=O) groups is 1. The third kappa shape index (κ3) is 4.50. The summed E-state index contributed by atoms with van der Waals surface area (Å²) in [5.74, 6) is -0.275. The summed E-state index contributed by atoms with van der Waals surface area (Å²) in [5, 5.41) is 10.2. The lowest BCUT2D eigenvalue weighted by Crippen LogP contribution is -2.42. The number of nitrogens with one attached hydrogen (secondary N) is 1. The minimum absolute atomic E-state index is 0.0114. The average Bonchev–Trinajstić information content (AvgIpc) is 3.10. The van der Waals surface area contributed by atoms with Crippen molar-refractivity contribution in [3.05, 3.63) is 30.2 Å². The Morgan fingerprint density at radius 3 is 2.46 bits per heavy atom. The maximum atomic E-state index is 12.9. The molecule has 2 atom stereocenters. The molecular weight excluding hydrogens is 384 g/mol. The SMILES string of the molecule is CCOC(=O)c1nnc(Nc2ccc(S(=O)(=O)N3CC(C)CC(C)C3)cc2)o1. The third-order valence-electron chi connectivity index (χ3n) is 4.45. The van der Waals surface area contributed by atoms with Gasteiger partial charge in [0.1, 0.15) is 0 Å². The van der Waals surface area contributed by atoms with E-state index in [0.29, 0.717) is 30.6 Å². The van der Waals surface area contributed by atoms with Gasteiger partial charge in [-0.15, -0.1) is 0 Å². The first kappa shape index (κ1) is 20.3. The maximum Gasteiger partial charge on any atom is 0.396 e. The monoisotopic (exact) mass is 408 g/mol. The molecule has 9 nitrogen and oxygen atoms in total. The highest BCUT2D eigenvalue weighted by atomic mass is 32.2. The Morgan fingerprint density at radius 1 is 1.21 bits per heavy atom. The molecule has 2 aromatic rings. The van der Waals surface area contributed by atoms with Crippen molar-refractivity contribution in [3.63, 3.8) is 0 Å². The molecule has 28 heavy (non-hydrogen) atoms. The topological polar surface area (TPSA) is 115 Å². The van der Waals surface area contributed by atoms with Crippen molar-refractivity contribution in [3.8, 4) is 0 Å². The third-order valence-corrected chi connectivity index (χ3v) is 6.30. The molecule has 1 aliphatic rings. The Morgan fingerprint density at radius 2 is 1.86 bits per heavy atom. The van der Waals surface area contributed by atoms with Gasteiger partial charge in [0.2, 0.25) is 10.0 Å². The molecule has 2 unspecified atom stereocenters. The highest BCUT2D eigenvalue weighted by molar-refractivity contribution is 7.89. The Labute approximate surface area is 164 Å². The normalized spacial score (nSPS) is 20.7. The number of aromatic nitrogens is 2. The number of hydrogen-bond donors (Lipinski definition) is 1. The average molecular weight is 408 g/mol. The van der Waals surface area contributed by atoms with Crippen molar-refractivity contribution < 1.29 is 22.4 Å². The molecule has 1 fully saturated rings. The molecule has 2 heterocycles. The van der Waals surface area contributed by atoms with Crippen molar-refractivity contribution in [2.75, 3.05) is 25.0 Å².